The number of carbonyl (C=O) groups is 4. The first-order valence-electron chi connectivity index (χ1n) is 12.3. The van der Waals surface area contributed by atoms with Crippen LogP contribution in [0.3, 0.4) is 0 Å². The standard InChI is InChI=1S/C27H34N4O7/c1-30-15-17-38-23-7-5-4-6-21(23)26(34)29-22(12-13-24(32)31(2)18-25(30)33)27(35)28-14-16-37-20-10-8-19(36-3)9-11-20/h4-11,22H,12-18H2,1-3H3,(H,28,35)(H,29,34)/t22-/m0/s1. The lowest BCUT2D eigenvalue weighted by Gasteiger charge is -2.22. The fourth-order valence-electron chi connectivity index (χ4n) is 3.71. The van der Waals surface area contributed by atoms with Crippen molar-refractivity contribution >= 4 is 23.6 Å². The van der Waals surface area contributed by atoms with Crippen LogP contribution in [0.25, 0.3) is 0 Å². The average molecular weight is 527 g/mol. The van der Waals surface area contributed by atoms with Gasteiger partial charge in [0, 0.05) is 20.5 Å². The molecule has 3 rings (SSSR count). The Hall–Kier alpha value is -4.28. The maximum atomic E-state index is 13.1. The normalized spacial score (nSPS) is 17.3. The van der Waals surface area contributed by atoms with Crippen molar-refractivity contribution in [2.45, 2.75) is 18.9 Å². The number of amides is 4. The third-order valence-corrected chi connectivity index (χ3v) is 6.04. The van der Waals surface area contributed by atoms with Gasteiger partial charge in [-0.2, -0.15) is 0 Å². The summed E-state index contributed by atoms with van der Waals surface area (Å²) in [7, 11) is 4.73. The van der Waals surface area contributed by atoms with Gasteiger partial charge in [0.1, 0.15) is 36.5 Å². The van der Waals surface area contributed by atoms with E-state index in [0.29, 0.717) is 17.2 Å². The number of nitrogens with zero attached hydrogens (tertiary/aromatic N) is 2. The molecule has 0 aliphatic carbocycles. The Labute approximate surface area is 222 Å². The summed E-state index contributed by atoms with van der Waals surface area (Å²) < 4.78 is 16.5. The molecule has 11 heteroatoms. The number of benzene rings is 2. The zero-order valence-electron chi connectivity index (χ0n) is 21.9. The van der Waals surface area contributed by atoms with Crippen LogP contribution in [-0.2, 0) is 14.4 Å². The number of hydrogen-bond acceptors (Lipinski definition) is 7. The number of para-hydroxylation sites is 1. The lowest BCUT2D eigenvalue weighted by molar-refractivity contribution is -0.139. The van der Waals surface area contributed by atoms with E-state index >= 15 is 0 Å². The molecule has 1 heterocycles. The fraction of sp³-hybridized carbons (Fsp3) is 0.407. The van der Waals surface area contributed by atoms with Crippen molar-refractivity contribution in [3.63, 3.8) is 0 Å². The second-order valence-corrected chi connectivity index (χ2v) is 8.79. The topological polar surface area (TPSA) is 127 Å². The Bertz CT molecular complexity index is 1120. The van der Waals surface area contributed by atoms with Crippen molar-refractivity contribution in [1.82, 2.24) is 20.4 Å². The molecule has 0 saturated carbocycles. The van der Waals surface area contributed by atoms with Crippen LogP contribution < -0.4 is 24.8 Å². The van der Waals surface area contributed by atoms with E-state index in [4.69, 9.17) is 14.2 Å². The van der Waals surface area contributed by atoms with E-state index in [2.05, 4.69) is 10.6 Å². The lowest BCUT2D eigenvalue weighted by Crippen LogP contribution is -2.48. The summed E-state index contributed by atoms with van der Waals surface area (Å²) in [6.07, 6.45) is 0.0134. The number of nitrogens with one attached hydrogen (secondary N) is 2. The quantitative estimate of drug-likeness (QED) is 0.540. The summed E-state index contributed by atoms with van der Waals surface area (Å²) in [5.74, 6) is 0.144. The Kier molecular flexibility index (Phi) is 10.3. The van der Waals surface area contributed by atoms with Gasteiger partial charge in [-0.25, -0.2) is 0 Å². The van der Waals surface area contributed by atoms with Crippen molar-refractivity contribution in [2.24, 2.45) is 0 Å². The molecule has 0 unspecified atom stereocenters. The molecule has 0 fully saturated rings. The number of methoxy groups -OCH3 is 1. The maximum absolute atomic E-state index is 13.1. The van der Waals surface area contributed by atoms with E-state index in [1.807, 2.05) is 0 Å². The number of fused-ring (bicyclic) bond motifs is 1. The minimum atomic E-state index is -0.989. The molecule has 0 radical (unpaired) electrons. The van der Waals surface area contributed by atoms with Gasteiger partial charge in [-0.1, -0.05) is 12.1 Å². The van der Waals surface area contributed by atoms with Crippen LogP contribution in [0.15, 0.2) is 48.5 Å². The van der Waals surface area contributed by atoms with E-state index in [-0.39, 0.29) is 63.1 Å². The van der Waals surface area contributed by atoms with Gasteiger partial charge in [0.05, 0.1) is 32.3 Å². The maximum Gasteiger partial charge on any atom is 0.255 e. The number of carbonyl (C=O) groups excluding carboxylic acids is 4. The second-order valence-electron chi connectivity index (χ2n) is 8.79. The van der Waals surface area contributed by atoms with Gasteiger partial charge in [0.25, 0.3) is 5.91 Å². The van der Waals surface area contributed by atoms with Crippen LogP contribution >= 0.6 is 0 Å². The van der Waals surface area contributed by atoms with E-state index < -0.39 is 17.9 Å². The van der Waals surface area contributed by atoms with Crippen molar-refractivity contribution < 1.29 is 33.4 Å². The van der Waals surface area contributed by atoms with Gasteiger partial charge >= 0.3 is 0 Å². The first-order chi connectivity index (χ1) is 18.3. The summed E-state index contributed by atoms with van der Waals surface area (Å²) in [5, 5.41) is 5.49. The predicted octanol–water partition coefficient (Wildman–Crippen LogP) is 1.08. The Morgan fingerprint density at radius 3 is 2.47 bits per heavy atom. The molecule has 2 aromatic rings. The number of hydrogen-bond donors (Lipinski definition) is 2. The van der Waals surface area contributed by atoms with Gasteiger partial charge in [0.2, 0.25) is 17.7 Å². The number of rotatable bonds is 6. The van der Waals surface area contributed by atoms with Crippen LogP contribution in [0.5, 0.6) is 17.2 Å². The van der Waals surface area contributed by atoms with E-state index in [1.54, 1.807) is 62.7 Å². The van der Waals surface area contributed by atoms with E-state index in [1.165, 1.54) is 16.8 Å². The van der Waals surface area contributed by atoms with Crippen LogP contribution in [0.2, 0.25) is 0 Å². The van der Waals surface area contributed by atoms with Crippen molar-refractivity contribution in [3.05, 3.63) is 54.1 Å². The van der Waals surface area contributed by atoms with Crippen molar-refractivity contribution in [2.75, 3.05) is 54.1 Å². The van der Waals surface area contributed by atoms with E-state index in [0.717, 1.165) is 0 Å². The first-order valence-corrected chi connectivity index (χ1v) is 12.3. The fourth-order valence-corrected chi connectivity index (χ4v) is 3.71. The lowest BCUT2D eigenvalue weighted by atomic mass is 10.1. The molecule has 1 aliphatic rings. The van der Waals surface area contributed by atoms with Crippen LogP contribution in [0.1, 0.15) is 23.2 Å². The molecule has 0 bridgehead atoms. The molecule has 2 aromatic carbocycles. The molecule has 0 saturated heterocycles. The summed E-state index contributed by atoms with van der Waals surface area (Å²) >= 11 is 0. The summed E-state index contributed by atoms with van der Waals surface area (Å²) in [6, 6.07) is 12.7. The van der Waals surface area contributed by atoms with Crippen LogP contribution in [0.4, 0.5) is 0 Å². The Balaban J connectivity index is 1.68. The zero-order valence-corrected chi connectivity index (χ0v) is 21.9. The first kappa shape index (κ1) is 28.3. The molecule has 1 aliphatic heterocycles. The van der Waals surface area contributed by atoms with Gasteiger partial charge in [0.15, 0.2) is 0 Å². The highest BCUT2D eigenvalue weighted by Gasteiger charge is 2.25. The summed E-state index contributed by atoms with van der Waals surface area (Å²) in [4.78, 5) is 54.1. The monoisotopic (exact) mass is 526 g/mol. The van der Waals surface area contributed by atoms with Crippen LogP contribution in [0, 0.1) is 0 Å². The molecule has 1 atom stereocenters. The zero-order chi connectivity index (χ0) is 27.5. The summed E-state index contributed by atoms with van der Waals surface area (Å²) in [5.41, 5.74) is 0.250. The molecular weight excluding hydrogens is 492 g/mol. The minimum Gasteiger partial charge on any atom is -0.497 e. The predicted molar refractivity (Wildman–Crippen MR) is 139 cm³/mol. The van der Waals surface area contributed by atoms with Crippen LogP contribution in [-0.4, -0.2) is 93.5 Å². The number of likely N-dealkylation sites (N-methyl/N-ethyl adjacent to an activating group) is 2. The molecule has 38 heavy (non-hydrogen) atoms. The average Bonchev–Trinajstić information content (AvgIpc) is 2.93. The highest BCUT2D eigenvalue weighted by Crippen LogP contribution is 2.19. The SMILES string of the molecule is COc1ccc(OCCNC(=O)[C@@H]2CCC(=O)N(C)CC(=O)N(C)CCOc3ccccc3C(=O)N2)cc1. The van der Waals surface area contributed by atoms with Gasteiger partial charge in [-0.05, 0) is 42.8 Å². The Morgan fingerprint density at radius 2 is 1.74 bits per heavy atom. The smallest absolute Gasteiger partial charge is 0.255 e. The Morgan fingerprint density at radius 1 is 1.03 bits per heavy atom. The van der Waals surface area contributed by atoms with Gasteiger partial charge in [-0.15, -0.1) is 0 Å². The third-order valence-electron chi connectivity index (χ3n) is 6.04. The highest BCUT2D eigenvalue weighted by molar-refractivity contribution is 5.99. The molecule has 4 amide bonds. The summed E-state index contributed by atoms with van der Waals surface area (Å²) in [6.45, 7) is 0.721. The minimum absolute atomic E-state index is 0.0354. The van der Waals surface area contributed by atoms with Gasteiger partial charge < -0.3 is 34.6 Å². The molecule has 204 valence electrons. The molecular formula is C27H34N4O7. The largest absolute Gasteiger partial charge is 0.497 e. The molecule has 0 spiro atoms. The molecule has 0 aromatic heterocycles. The molecule has 11 nitrogen and oxygen atoms in total. The second kappa shape index (κ2) is 13.9. The third kappa shape index (κ3) is 8.12. The number of ether oxygens (including phenoxy) is 3. The van der Waals surface area contributed by atoms with Gasteiger partial charge in [-0.3, -0.25) is 19.2 Å². The van der Waals surface area contributed by atoms with E-state index in [9.17, 15) is 19.2 Å². The molecule has 2 N–H and O–H groups in total. The van der Waals surface area contributed by atoms with Crippen molar-refractivity contribution in [3.8, 4) is 17.2 Å². The van der Waals surface area contributed by atoms with Crippen molar-refractivity contribution in [1.29, 1.82) is 0 Å². The highest BCUT2D eigenvalue weighted by atomic mass is 16.5.